The smallest absolute Gasteiger partial charge is 0.161 e. The molecular weight excluding hydrogens is 330 g/mol. The van der Waals surface area contributed by atoms with E-state index >= 15 is 0 Å². The van der Waals surface area contributed by atoms with Crippen LogP contribution < -0.4 is 10.6 Å². The zero-order valence-corrected chi connectivity index (χ0v) is 14.7. The van der Waals surface area contributed by atoms with Gasteiger partial charge in [-0.15, -0.1) is 0 Å². The molecule has 2 aliphatic heterocycles. The van der Waals surface area contributed by atoms with E-state index in [1.54, 1.807) is 7.11 Å². The number of fused-ring (bicyclic) bond motifs is 2. The number of allylic oxidation sites excluding steroid dienone is 1. The summed E-state index contributed by atoms with van der Waals surface area (Å²) >= 11 is 0. The van der Waals surface area contributed by atoms with Crippen molar-refractivity contribution in [3.05, 3.63) is 53.2 Å². The molecule has 2 aliphatic rings. The number of para-hydroxylation sites is 1. The fraction of sp³-hybridized carbons (Fsp3) is 0.368. The van der Waals surface area contributed by atoms with Gasteiger partial charge in [0.15, 0.2) is 5.82 Å². The Hall–Kier alpha value is -2.82. The summed E-state index contributed by atoms with van der Waals surface area (Å²) in [6.45, 7) is 1.54. The van der Waals surface area contributed by atoms with Crippen molar-refractivity contribution in [2.24, 2.45) is 5.73 Å². The number of methoxy groups -OCH3 is 1. The highest BCUT2D eigenvalue weighted by molar-refractivity contribution is 5.74. The van der Waals surface area contributed by atoms with Gasteiger partial charge in [0.1, 0.15) is 18.3 Å². The first-order chi connectivity index (χ1) is 12.7. The second-order valence-corrected chi connectivity index (χ2v) is 6.55. The molecule has 0 unspecified atom stereocenters. The molecule has 3 heterocycles. The molecule has 1 aromatic heterocycles. The second-order valence-electron chi connectivity index (χ2n) is 6.55. The molecular formula is C19H21N5O2. The minimum atomic E-state index is -0.489. The summed E-state index contributed by atoms with van der Waals surface area (Å²) < 4.78 is 10.8. The Balaban J connectivity index is 1.96. The summed E-state index contributed by atoms with van der Waals surface area (Å²) in [5.41, 5.74) is 8.40. The number of nitrogens with zero attached hydrogens (tertiary/aromatic N) is 3. The summed E-state index contributed by atoms with van der Waals surface area (Å²) in [5, 5.41) is 9.96. The Bertz CT molecular complexity index is 875. The summed E-state index contributed by atoms with van der Waals surface area (Å²) in [4.78, 5) is 10.0. The van der Waals surface area contributed by atoms with Gasteiger partial charge in [-0.3, -0.25) is 4.90 Å². The van der Waals surface area contributed by atoms with Gasteiger partial charge in [-0.05, 0) is 25.0 Å². The van der Waals surface area contributed by atoms with Gasteiger partial charge >= 0.3 is 0 Å². The van der Waals surface area contributed by atoms with E-state index in [2.05, 4.69) is 11.1 Å². The van der Waals surface area contributed by atoms with E-state index in [4.69, 9.17) is 20.2 Å². The number of nitrogens with one attached hydrogen (secondary N) is 1. The van der Waals surface area contributed by atoms with Gasteiger partial charge < -0.3 is 20.2 Å². The number of nitrogens with two attached hydrogens (primary N) is 1. The number of anilines is 2. The molecule has 7 heteroatoms. The van der Waals surface area contributed by atoms with Crippen LogP contribution in [0.3, 0.4) is 0 Å². The molecule has 1 spiro atoms. The van der Waals surface area contributed by atoms with E-state index in [1.165, 1.54) is 0 Å². The average Bonchev–Trinajstić information content (AvgIpc) is 3.08. The SMILES string of the molecule is COCc1nc2c([nH]1)C1(CCOCC1)C(C#N)=C(N)N2c1ccccc1. The van der Waals surface area contributed by atoms with E-state index < -0.39 is 5.41 Å². The van der Waals surface area contributed by atoms with E-state index in [0.29, 0.717) is 44.1 Å². The monoisotopic (exact) mass is 351 g/mol. The van der Waals surface area contributed by atoms with Crippen molar-refractivity contribution < 1.29 is 9.47 Å². The highest BCUT2D eigenvalue weighted by Crippen LogP contribution is 2.50. The van der Waals surface area contributed by atoms with Gasteiger partial charge in [-0.1, -0.05) is 18.2 Å². The third-order valence-electron chi connectivity index (χ3n) is 5.15. The van der Waals surface area contributed by atoms with Crippen molar-refractivity contribution >= 4 is 11.5 Å². The third kappa shape index (κ3) is 2.38. The number of nitriles is 1. The zero-order chi connectivity index (χ0) is 18.1. The molecule has 3 N–H and O–H groups in total. The first-order valence-corrected chi connectivity index (χ1v) is 8.63. The molecule has 1 aromatic carbocycles. The van der Waals surface area contributed by atoms with E-state index in [9.17, 15) is 5.26 Å². The van der Waals surface area contributed by atoms with Gasteiger partial charge in [-0.2, -0.15) is 5.26 Å². The molecule has 0 bridgehead atoms. The van der Waals surface area contributed by atoms with Gasteiger partial charge in [0.25, 0.3) is 0 Å². The van der Waals surface area contributed by atoms with Crippen LogP contribution in [0.4, 0.5) is 11.5 Å². The fourth-order valence-corrected chi connectivity index (χ4v) is 3.93. The van der Waals surface area contributed by atoms with Gasteiger partial charge in [-0.25, -0.2) is 4.98 Å². The Kier molecular flexibility index (Phi) is 4.15. The number of benzene rings is 1. The van der Waals surface area contributed by atoms with E-state index in [0.717, 1.165) is 23.0 Å². The summed E-state index contributed by atoms with van der Waals surface area (Å²) in [6, 6.07) is 12.1. The first kappa shape index (κ1) is 16.6. The largest absolute Gasteiger partial charge is 0.384 e. The molecule has 0 radical (unpaired) electrons. The van der Waals surface area contributed by atoms with Gasteiger partial charge in [0, 0.05) is 26.0 Å². The quantitative estimate of drug-likeness (QED) is 0.881. The normalized spacial score (nSPS) is 18.7. The predicted molar refractivity (Wildman–Crippen MR) is 96.4 cm³/mol. The van der Waals surface area contributed by atoms with Crippen LogP contribution in [0.1, 0.15) is 24.4 Å². The Labute approximate surface area is 152 Å². The van der Waals surface area contributed by atoms with Crippen molar-refractivity contribution in [2.75, 3.05) is 25.2 Å². The van der Waals surface area contributed by atoms with Crippen molar-refractivity contribution in [1.82, 2.24) is 9.97 Å². The summed E-state index contributed by atoms with van der Waals surface area (Å²) in [5.74, 6) is 1.89. The minimum Gasteiger partial charge on any atom is -0.384 e. The molecule has 0 aliphatic carbocycles. The number of ether oxygens (including phenoxy) is 2. The molecule has 134 valence electrons. The van der Waals surface area contributed by atoms with Crippen LogP contribution in [0.2, 0.25) is 0 Å². The molecule has 26 heavy (non-hydrogen) atoms. The maximum atomic E-state index is 9.96. The number of aromatic amines is 1. The lowest BCUT2D eigenvalue weighted by molar-refractivity contribution is 0.0612. The number of hydrogen-bond acceptors (Lipinski definition) is 6. The first-order valence-electron chi connectivity index (χ1n) is 8.63. The molecule has 4 rings (SSSR count). The topological polar surface area (TPSA) is 100 Å². The van der Waals surface area contributed by atoms with E-state index in [1.807, 2.05) is 35.2 Å². The standard InChI is InChI=1S/C19H21N5O2/c1-25-12-15-22-16-18(23-15)24(13-5-3-2-4-6-13)17(21)14(11-20)19(16)7-9-26-10-8-19/h2-6H,7-10,12,21H2,1H3,(H,22,23). The lowest BCUT2D eigenvalue weighted by Crippen LogP contribution is -2.44. The van der Waals surface area contributed by atoms with Crippen LogP contribution in [0.15, 0.2) is 41.7 Å². The molecule has 0 saturated carbocycles. The maximum Gasteiger partial charge on any atom is 0.161 e. The van der Waals surface area contributed by atoms with Crippen LogP contribution in [0.5, 0.6) is 0 Å². The molecule has 0 atom stereocenters. The number of aromatic nitrogens is 2. The zero-order valence-electron chi connectivity index (χ0n) is 14.7. The Morgan fingerprint density at radius 1 is 1.35 bits per heavy atom. The maximum absolute atomic E-state index is 9.96. The van der Waals surface area contributed by atoms with Crippen LogP contribution in [0.25, 0.3) is 0 Å². The number of imidazole rings is 1. The average molecular weight is 351 g/mol. The molecule has 1 fully saturated rings. The predicted octanol–water partition coefficient (Wildman–Crippen LogP) is 2.45. The highest BCUT2D eigenvalue weighted by Gasteiger charge is 2.48. The Morgan fingerprint density at radius 3 is 2.73 bits per heavy atom. The minimum absolute atomic E-state index is 0.365. The van der Waals surface area contributed by atoms with Crippen molar-refractivity contribution in [3.8, 4) is 6.07 Å². The molecule has 2 aromatic rings. The highest BCUT2D eigenvalue weighted by atomic mass is 16.5. The Morgan fingerprint density at radius 2 is 2.08 bits per heavy atom. The van der Waals surface area contributed by atoms with Gasteiger partial charge in [0.05, 0.1) is 22.8 Å². The molecule has 1 saturated heterocycles. The molecule has 7 nitrogen and oxygen atoms in total. The van der Waals surface area contributed by atoms with Crippen molar-refractivity contribution in [1.29, 1.82) is 5.26 Å². The summed E-state index contributed by atoms with van der Waals surface area (Å²) in [6.07, 6.45) is 1.39. The number of rotatable bonds is 3. The van der Waals surface area contributed by atoms with Crippen molar-refractivity contribution in [2.45, 2.75) is 24.9 Å². The number of hydrogen-bond donors (Lipinski definition) is 2. The third-order valence-corrected chi connectivity index (χ3v) is 5.15. The van der Waals surface area contributed by atoms with Crippen LogP contribution in [-0.2, 0) is 21.5 Å². The van der Waals surface area contributed by atoms with E-state index in [-0.39, 0.29) is 0 Å². The van der Waals surface area contributed by atoms with Crippen LogP contribution in [0, 0.1) is 11.3 Å². The lowest BCUT2D eigenvalue weighted by atomic mass is 9.69. The van der Waals surface area contributed by atoms with Crippen LogP contribution in [-0.4, -0.2) is 30.3 Å². The van der Waals surface area contributed by atoms with Gasteiger partial charge in [0.2, 0.25) is 0 Å². The molecule has 0 amide bonds. The lowest BCUT2D eigenvalue weighted by Gasteiger charge is -2.42. The van der Waals surface area contributed by atoms with Crippen molar-refractivity contribution in [3.63, 3.8) is 0 Å². The summed E-state index contributed by atoms with van der Waals surface area (Å²) in [7, 11) is 1.63. The number of H-pyrrole nitrogens is 1. The van der Waals surface area contributed by atoms with Crippen LogP contribution >= 0.6 is 0 Å². The fourth-order valence-electron chi connectivity index (χ4n) is 3.93. The second kappa shape index (κ2) is 6.48.